The molecule has 0 aromatic heterocycles. The minimum absolute atomic E-state index is 0.0889. The van der Waals surface area contributed by atoms with Gasteiger partial charge < -0.3 is 5.32 Å². The van der Waals surface area contributed by atoms with Crippen molar-refractivity contribution in [2.75, 3.05) is 18.1 Å². The predicted molar refractivity (Wildman–Crippen MR) is 81.8 cm³/mol. The number of thioether (sulfide) groups is 1. The molecular formula is C13H20N2O2S2. The van der Waals surface area contributed by atoms with E-state index in [1.807, 2.05) is 19.1 Å². The van der Waals surface area contributed by atoms with Gasteiger partial charge in [0.05, 0.1) is 4.90 Å². The van der Waals surface area contributed by atoms with Gasteiger partial charge in [-0.05, 0) is 24.6 Å². The van der Waals surface area contributed by atoms with Crippen LogP contribution in [0.4, 0.5) is 0 Å². The zero-order valence-electron chi connectivity index (χ0n) is 11.0. The molecule has 0 aliphatic carbocycles. The Kier molecular flexibility index (Phi) is 6.57. The molecule has 0 spiro atoms. The van der Waals surface area contributed by atoms with Crippen molar-refractivity contribution in [2.45, 2.75) is 17.9 Å². The van der Waals surface area contributed by atoms with Crippen LogP contribution < -0.4 is 10.5 Å². The van der Waals surface area contributed by atoms with Gasteiger partial charge in [0.1, 0.15) is 0 Å². The Balaban J connectivity index is 2.57. The van der Waals surface area contributed by atoms with Crippen molar-refractivity contribution in [3.05, 3.63) is 42.5 Å². The highest BCUT2D eigenvalue weighted by molar-refractivity contribution is 7.99. The van der Waals surface area contributed by atoms with Gasteiger partial charge in [0.15, 0.2) is 0 Å². The average Bonchev–Trinajstić information content (AvgIpc) is 2.37. The van der Waals surface area contributed by atoms with Gasteiger partial charge in [0, 0.05) is 24.1 Å². The lowest BCUT2D eigenvalue weighted by Gasteiger charge is -2.14. The van der Waals surface area contributed by atoms with E-state index in [1.165, 1.54) is 6.07 Å². The molecule has 0 saturated carbocycles. The SMILES string of the molecule is C=CCSCCNC(C)c1cccc(S(N)(=O)=O)c1. The second-order valence-corrected chi connectivity index (χ2v) is 6.87. The highest BCUT2D eigenvalue weighted by Gasteiger charge is 2.10. The molecule has 0 fully saturated rings. The summed E-state index contributed by atoms with van der Waals surface area (Å²) in [4.78, 5) is 0.152. The van der Waals surface area contributed by atoms with Crippen molar-refractivity contribution in [2.24, 2.45) is 5.14 Å². The second kappa shape index (κ2) is 7.69. The van der Waals surface area contributed by atoms with Crippen molar-refractivity contribution in [3.8, 4) is 0 Å². The average molecular weight is 300 g/mol. The van der Waals surface area contributed by atoms with Crippen LogP contribution in [0.2, 0.25) is 0 Å². The molecule has 1 rings (SSSR count). The first kappa shape index (κ1) is 16.2. The molecule has 3 N–H and O–H groups in total. The summed E-state index contributed by atoms with van der Waals surface area (Å²) in [6, 6.07) is 6.81. The van der Waals surface area contributed by atoms with Gasteiger partial charge in [0.2, 0.25) is 10.0 Å². The monoisotopic (exact) mass is 300 g/mol. The van der Waals surface area contributed by atoms with E-state index in [1.54, 1.807) is 23.9 Å². The number of nitrogens with two attached hydrogens (primary N) is 1. The Morgan fingerprint density at radius 3 is 2.89 bits per heavy atom. The van der Waals surface area contributed by atoms with E-state index in [0.29, 0.717) is 0 Å². The van der Waals surface area contributed by atoms with Crippen LogP contribution in [0.3, 0.4) is 0 Å². The summed E-state index contributed by atoms with van der Waals surface area (Å²) in [6.45, 7) is 6.52. The number of nitrogens with one attached hydrogen (secondary N) is 1. The molecule has 0 amide bonds. The maximum atomic E-state index is 11.3. The molecule has 1 unspecified atom stereocenters. The zero-order valence-corrected chi connectivity index (χ0v) is 12.6. The first-order valence-corrected chi connectivity index (χ1v) is 8.70. The van der Waals surface area contributed by atoms with E-state index in [4.69, 9.17) is 5.14 Å². The lowest BCUT2D eigenvalue weighted by Crippen LogP contribution is -2.22. The van der Waals surface area contributed by atoms with Gasteiger partial charge in [-0.3, -0.25) is 0 Å². The lowest BCUT2D eigenvalue weighted by atomic mass is 10.1. The first-order valence-electron chi connectivity index (χ1n) is 6.00. The van der Waals surface area contributed by atoms with Crippen LogP contribution in [0.15, 0.2) is 41.8 Å². The number of benzene rings is 1. The van der Waals surface area contributed by atoms with Crippen LogP contribution >= 0.6 is 11.8 Å². The van der Waals surface area contributed by atoms with Crippen molar-refractivity contribution >= 4 is 21.8 Å². The summed E-state index contributed by atoms with van der Waals surface area (Å²) < 4.78 is 22.6. The van der Waals surface area contributed by atoms with Crippen molar-refractivity contribution in [1.82, 2.24) is 5.32 Å². The normalized spacial score (nSPS) is 13.2. The molecule has 0 aliphatic heterocycles. The third kappa shape index (κ3) is 5.78. The van der Waals surface area contributed by atoms with Crippen molar-refractivity contribution < 1.29 is 8.42 Å². The molecule has 1 aromatic rings. The molecule has 0 heterocycles. The van der Waals surface area contributed by atoms with Crippen LogP contribution in [-0.2, 0) is 10.0 Å². The van der Waals surface area contributed by atoms with Crippen LogP contribution in [0, 0.1) is 0 Å². The second-order valence-electron chi connectivity index (χ2n) is 4.16. The highest BCUT2D eigenvalue weighted by Crippen LogP contribution is 2.16. The third-order valence-corrected chi connectivity index (χ3v) is 4.49. The first-order chi connectivity index (χ1) is 8.95. The minimum Gasteiger partial charge on any atom is -0.309 e. The Morgan fingerprint density at radius 1 is 1.53 bits per heavy atom. The van der Waals surface area contributed by atoms with E-state index < -0.39 is 10.0 Å². The Labute approximate surface area is 119 Å². The smallest absolute Gasteiger partial charge is 0.238 e. The molecule has 0 aliphatic rings. The Morgan fingerprint density at radius 2 is 2.26 bits per heavy atom. The molecule has 0 saturated heterocycles. The largest absolute Gasteiger partial charge is 0.309 e. The fourth-order valence-corrected chi connectivity index (χ4v) is 2.76. The molecule has 0 radical (unpaired) electrons. The van der Waals surface area contributed by atoms with Gasteiger partial charge in [-0.25, -0.2) is 13.6 Å². The third-order valence-electron chi connectivity index (χ3n) is 2.62. The Bertz CT molecular complexity index is 515. The van der Waals surface area contributed by atoms with Gasteiger partial charge in [0.25, 0.3) is 0 Å². The molecular weight excluding hydrogens is 280 g/mol. The van der Waals surface area contributed by atoms with Crippen LogP contribution in [0.25, 0.3) is 0 Å². The molecule has 6 heteroatoms. The molecule has 0 bridgehead atoms. The van der Waals surface area contributed by atoms with Crippen molar-refractivity contribution in [1.29, 1.82) is 0 Å². The van der Waals surface area contributed by atoms with E-state index in [2.05, 4.69) is 11.9 Å². The van der Waals surface area contributed by atoms with E-state index in [0.717, 1.165) is 23.6 Å². The fourth-order valence-electron chi connectivity index (χ4n) is 1.59. The zero-order chi connectivity index (χ0) is 14.3. The molecule has 1 atom stereocenters. The molecule has 1 aromatic carbocycles. The number of rotatable bonds is 8. The number of primary sulfonamides is 1. The van der Waals surface area contributed by atoms with E-state index in [-0.39, 0.29) is 10.9 Å². The standard InChI is InChI=1S/C13H20N2O2S2/c1-3-8-18-9-7-15-11(2)12-5-4-6-13(10-12)19(14,16)17/h3-6,10-11,15H,1,7-9H2,2H3,(H2,14,16,17). The summed E-state index contributed by atoms with van der Waals surface area (Å²) in [5, 5.41) is 8.47. The molecule has 4 nitrogen and oxygen atoms in total. The maximum Gasteiger partial charge on any atom is 0.238 e. The summed E-state index contributed by atoms with van der Waals surface area (Å²) in [5.74, 6) is 1.93. The van der Waals surface area contributed by atoms with Crippen molar-refractivity contribution in [3.63, 3.8) is 0 Å². The quantitative estimate of drug-likeness (QED) is 0.568. The fraction of sp³-hybridized carbons (Fsp3) is 0.385. The number of hydrogen-bond donors (Lipinski definition) is 2. The minimum atomic E-state index is -3.63. The Hall–Kier alpha value is -0.820. The highest BCUT2D eigenvalue weighted by atomic mass is 32.2. The molecule has 19 heavy (non-hydrogen) atoms. The predicted octanol–water partition coefficient (Wildman–Crippen LogP) is 1.90. The number of hydrogen-bond acceptors (Lipinski definition) is 4. The maximum absolute atomic E-state index is 11.3. The summed E-state index contributed by atoms with van der Waals surface area (Å²) >= 11 is 1.80. The molecule has 106 valence electrons. The van der Waals surface area contributed by atoms with Crippen LogP contribution in [0.5, 0.6) is 0 Å². The van der Waals surface area contributed by atoms with Gasteiger partial charge >= 0.3 is 0 Å². The topological polar surface area (TPSA) is 72.2 Å². The lowest BCUT2D eigenvalue weighted by molar-refractivity contribution is 0.592. The van der Waals surface area contributed by atoms with Crippen LogP contribution in [-0.4, -0.2) is 26.5 Å². The summed E-state index contributed by atoms with van der Waals surface area (Å²) in [7, 11) is -3.63. The van der Waals surface area contributed by atoms with Gasteiger partial charge in [-0.15, -0.1) is 6.58 Å². The van der Waals surface area contributed by atoms with E-state index >= 15 is 0 Å². The summed E-state index contributed by atoms with van der Waals surface area (Å²) in [6.07, 6.45) is 1.88. The van der Waals surface area contributed by atoms with Crippen LogP contribution in [0.1, 0.15) is 18.5 Å². The van der Waals surface area contributed by atoms with E-state index in [9.17, 15) is 8.42 Å². The number of sulfonamides is 1. The summed E-state index contributed by atoms with van der Waals surface area (Å²) in [5.41, 5.74) is 0.917. The van der Waals surface area contributed by atoms with Gasteiger partial charge in [-0.2, -0.15) is 11.8 Å². The van der Waals surface area contributed by atoms with Gasteiger partial charge in [-0.1, -0.05) is 18.2 Å².